The molecule has 2 aromatic rings. The van der Waals surface area contributed by atoms with Gasteiger partial charge in [-0.1, -0.05) is 25.1 Å². The molecule has 0 bridgehead atoms. The van der Waals surface area contributed by atoms with Gasteiger partial charge in [0, 0.05) is 10.5 Å². The number of hydrogen-bond donors (Lipinski definition) is 1. The maximum atomic E-state index is 12.9. The van der Waals surface area contributed by atoms with Crippen molar-refractivity contribution in [3.05, 3.63) is 59.9 Å². The van der Waals surface area contributed by atoms with Crippen molar-refractivity contribution in [1.82, 2.24) is 5.32 Å². The largest absolute Gasteiger partial charge is 0.434 e. The van der Waals surface area contributed by atoms with Crippen LogP contribution in [-0.2, 0) is 4.79 Å². The molecule has 0 spiro atoms. The fraction of sp³-hybridized carbons (Fsp3) is 0.278. The summed E-state index contributed by atoms with van der Waals surface area (Å²) in [5, 5.41) is 2.82. The summed E-state index contributed by atoms with van der Waals surface area (Å²) in [6.45, 7) is -1.08. The Kier molecular flexibility index (Phi) is 7.18. The molecule has 0 aliphatic heterocycles. The summed E-state index contributed by atoms with van der Waals surface area (Å²) in [5.74, 6) is -0.389. The van der Waals surface area contributed by atoms with Crippen molar-refractivity contribution < 1.29 is 22.7 Å². The molecule has 25 heavy (non-hydrogen) atoms. The Morgan fingerprint density at radius 3 is 2.48 bits per heavy atom. The van der Waals surface area contributed by atoms with Crippen LogP contribution >= 0.6 is 11.8 Å². The lowest BCUT2D eigenvalue weighted by Gasteiger charge is -2.20. The third-order valence-corrected chi connectivity index (χ3v) is 4.45. The number of rotatable bonds is 8. The summed E-state index contributed by atoms with van der Waals surface area (Å²) in [6, 6.07) is 11.8. The van der Waals surface area contributed by atoms with E-state index in [2.05, 4.69) is 10.1 Å². The number of hydrogen-bond acceptors (Lipinski definition) is 3. The summed E-state index contributed by atoms with van der Waals surface area (Å²) in [6.07, 6.45) is 0.524. The van der Waals surface area contributed by atoms with Gasteiger partial charge in [-0.05, 0) is 36.8 Å². The highest BCUT2D eigenvalue weighted by Gasteiger charge is 2.18. The average Bonchev–Trinajstić information content (AvgIpc) is 2.59. The van der Waals surface area contributed by atoms with Crippen molar-refractivity contribution in [2.24, 2.45) is 0 Å². The first-order chi connectivity index (χ1) is 12.0. The Balaban J connectivity index is 1.99. The van der Waals surface area contributed by atoms with Gasteiger partial charge in [0.05, 0.1) is 11.8 Å². The lowest BCUT2D eigenvalue weighted by atomic mass is 10.0. The highest BCUT2D eigenvalue weighted by Crippen LogP contribution is 2.28. The van der Waals surface area contributed by atoms with Crippen LogP contribution in [0.5, 0.6) is 5.75 Å². The summed E-state index contributed by atoms with van der Waals surface area (Å²) in [5.41, 5.74) is 0.505. The quantitative estimate of drug-likeness (QED) is 0.680. The lowest BCUT2D eigenvalue weighted by molar-refractivity contribution is -0.119. The number of amides is 1. The van der Waals surface area contributed by atoms with Gasteiger partial charge in [0.2, 0.25) is 5.91 Å². The van der Waals surface area contributed by atoms with Crippen LogP contribution in [0.1, 0.15) is 24.9 Å². The normalized spacial score (nSPS) is 12.0. The number of halogens is 3. The average molecular weight is 369 g/mol. The second kappa shape index (κ2) is 9.36. The summed E-state index contributed by atoms with van der Waals surface area (Å²) in [7, 11) is 0. The summed E-state index contributed by atoms with van der Waals surface area (Å²) in [4.78, 5) is 12.9. The molecule has 0 aliphatic rings. The minimum absolute atomic E-state index is 0.0517. The summed E-state index contributed by atoms with van der Waals surface area (Å²) >= 11 is 1.27. The van der Waals surface area contributed by atoms with Gasteiger partial charge in [0.15, 0.2) is 0 Å². The first-order valence-electron chi connectivity index (χ1n) is 7.71. The van der Waals surface area contributed by atoms with Crippen LogP contribution in [-0.4, -0.2) is 18.3 Å². The van der Waals surface area contributed by atoms with Crippen molar-refractivity contribution in [3.63, 3.8) is 0 Å². The maximum Gasteiger partial charge on any atom is 0.387 e. The van der Waals surface area contributed by atoms with Gasteiger partial charge in [-0.3, -0.25) is 4.79 Å². The minimum atomic E-state index is -2.93. The molecule has 0 radical (unpaired) electrons. The molecule has 7 heteroatoms. The third kappa shape index (κ3) is 6.01. The van der Waals surface area contributed by atoms with E-state index in [9.17, 15) is 18.0 Å². The van der Waals surface area contributed by atoms with Crippen LogP contribution < -0.4 is 10.1 Å². The number of carbonyl (C=O) groups is 1. The Hall–Kier alpha value is -2.15. The smallest absolute Gasteiger partial charge is 0.387 e. The highest BCUT2D eigenvalue weighted by molar-refractivity contribution is 8.00. The SMILES string of the molecule is CCC(NC(=O)CSc1ccc(F)cc1)c1ccccc1OC(F)F. The zero-order valence-electron chi connectivity index (χ0n) is 13.5. The molecule has 0 aromatic heterocycles. The van der Waals surface area contributed by atoms with E-state index in [0.717, 1.165) is 4.90 Å². The second-order valence-corrected chi connectivity index (χ2v) is 6.24. The van der Waals surface area contributed by atoms with E-state index in [1.807, 2.05) is 6.92 Å². The number of nitrogens with one attached hydrogen (secondary N) is 1. The number of para-hydroxylation sites is 1. The zero-order valence-corrected chi connectivity index (χ0v) is 14.4. The van der Waals surface area contributed by atoms with Crippen molar-refractivity contribution in [2.45, 2.75) is 30.9 Å². The van der Waals surface area contributed by atoms with Crippen molar-refractivity contribution in [1.29, 1.82) is 0 Å². The van der Waals surface area contributed by atoms with E-state index >= 15 is 0 Å². The molecule has 134 valence electrons. The Labute approximate surface area is 148 Å². The van der Waals surface area contributed by atoms with E-state index in [0.29, 0.717) is 12.0 Å². The number of alkyl halides is 2. The lowest BCUT2D eigenvalue weighted by Crippen LogP contribution is -2.30. The van der Waals surface area contributed by atoms with E-state index in [-0.39, 0.29) is 23.2 Å². The molecule has 1 N–H and O–H groups in total. The highest BCUT2D eigenvalue weighted by atomic mass is 32.2. The molecule has 1 unspecified atom stereocenters. The van der Waals surface area contributed by atoms with Gasteiger partial charge in [-0.2, -0.15) is 8.78 Å². The molecular weight excluding hydrogens is 351 g/mol. The zero-order chi connectivity index (χ0) is 18.2. The van der Waals surface area contributed by atoms with Crippen LogP contribution in [0, 0.1) is 5.82 Å². The number of thioether (sulfide) groups is 1. The van der Waals surface area contributed by atoms with Gasteiger partial charge >= 0.3 is 6.61 Å². The molecule has 0 saturated heterocycles. The third-order valence-electron chi connectivity index (χ3n) is 3.44. The van der Waals surface area contributed by atoms with Crippen LogP contribution in [0.2, 0.25) is 0 Å². The van der Waals surface area contributed by atoms with E-state index in [1.165, 1.54) is 30.0 Å². The van der Waals surface area contributed by atoms with E-state index in [1.54, 1.807) is 30.3 Å². The molecule has 1 amide bonds. The molecule has 0 aliphatic carbocycles. The van der Waals surface area contributed by atoms with Crippen LogP contribution in [0.25, 0.3) is 0 Å². The predicted octanol–water partition coefficient (Wildman–Crippen LogP) is 4.79. The molecule has 0 saturated carbocycles. The summed E-state index contributed by atoms with van der Waals surface area (Å²) < 4.78 is 42.4. The molecular formula is C18H18F3NO2S. The van der Waals surface area contributed by atoms with Crippen LogP contribution in [0.3, 0.4) is 0 Å². The predicted molar refractivity (Wildman–Crippen MR) is 91.4 cm³/mol. The molecule has 0 fully saturated rings. The van der Waals surface area contributed by atoms with Crippen molar-refractivity contribution >= 4 is 17.7 Å². The van der Waals surface area contributed by atoms with Gasteiger partial charge < -0.3 is 10.1 Å². The standard InChI is InChI=1S/C18H18F3NO2S/c1-2-15(14-5-3-4-6-16(14)24-18(20)21)22-17(23)11-25-13-9-7-12(19)8-10-13/h3-10,15,18H,2,11H2,1H3,(H,22,23). The van der Waals surface area contributed by atoms with Gasteiger partial charge in [-0.15, -0.1) is 11.8 Å². The monoisotopic (exact) mass is 369 g/mol. The van der Waals surface area contributed by atoms with Gasteiger partial charge in [0.1, 0.15) is 11.6 Å². The van der Waals surface area contributed by atoms with Gasteiger partial charge in [0.25, 0.3) is 0 Å². The molecule has 2 rings (SSSR count). The van der Waals surface area contributed by atoms with Gasteiger partial charge in [-0.25, -0.2) is 4.39 Å². The molecule has 2 aromatic carbocycles. The first-order valence-corrected chi connectivity index (χ1v) is 8.69. The van der Waals surface area contributed by atoms with E-state index in [4.69, 9.17) is 0 Å². The molecule has 0 heterocycles. The molecule has 3 nitrogen and oxygen atoms in total. The maximum absolute atomic E-state index is 12.9. The topological polar surface area (TPSA) is 38.3 Å². The van der Waals surface area contributed by atoms with Crippen molar-refractivity contribution in [3.8, 4) is 5.75 Å². The number of benzene rings is 2. The fourth-order valence-electron chi connectivity index (χ4n) is 2.29. The first kappa shape index (κ1) is 19.2. The Morgan fingerprint density at radius 2 is 1.84 bits per heavy atom. The van der Waals surface area contributed by atoms with Crippen LogP contribution in [0.15, 0.2) is 53.4 Å². The number of ether oxygens (including phenoxy) is 1. The van der Waals surface area contributed by atoms with Crippen LogP contribution in [0.4, 0.5) is 13.2 Å². The van der Waals surface area contributed by atoms with E-state index < -0.39 is 12.7 Å². The Morgan fingerprint density at radius 1 is 1.16 bits per heavy atom. The Bertz CT molecular complexity index is 695. The fourth-order valence-corrected chi connectivity index (χ4v) is 3.00. The molecule has 1 atom stereocenters. The second-order valence-electron chi connectivity index (χ2n) is 5.19. The number of carbonyl (C=O) groups excluding carboxylic acids is 1. The minimum Gasteiger partial charge on any atom is -0.434 e. The van der Waals surface area contributed by atoms with Crippen molar-refractivity contribution in [2.75, 3.05) is 5.75 Å².